The topological polar surface area (TPSA) is 20.3 Å². The van der Waals surface area contributed by atoms with E-state index in [0.717, 1.165) is 18.3 Å². The molecule has 0 radical (unpaired) electrons. The molecule has 2 nitrogen and oxygen atoms in total. The van der Waals surface area contributed by atoms with Crippen LogP contribution in [0.3, 0.4) is 0 Å². The van der Waals surface area contributed by atoms with Crippen LogP contribution in [0.25, 0.3) is 0 Å². The van der Waals surface area contributed by atoms with Crippen LogP contribution in [0.1, 0.15) is 19.3 Å². The van der Waals surface area contributed by atoms with Crippen LogP contribution in [0.2, 0.25) is 0 Å². The average molecular weight is 266 g/mol. The Morgan fingerprint density at radius 2 is 2.38 bits per heavy atom. The third-order valence-electron chi connectivity index (χ3n) is 2.39. The van der Waals surface area contributed by atoms with E-state index in [1.54, 1.807) is 11.8 Å². The van der Waals surface area contributed by atoms with Gasteiger partial charge in [0.05, 0.1) is 5.75 Å². The highest BCUT2D eigenvalue weighted by atomic mass is 79.9. The lowest BCUT2D eigenvalue weighted by molar-refractivity contribution is -0.131. The molecule has 0 aliphatic carbocycles. The van der Waals surface area contributed by atoms with Gasteiger partial charge in [-0.15, -0.1) is 0 Å². The van der Waals surface area contributed by atoms with E-state index in [-0.39, 0.29) is 0 Å². The summed E-state index contributed by atoms with van der Waals surface area (Å²) in [6.45, 7) is 0.954. The van der Waals surface area contributed by atoms with Crippen molar-refractivity contribution in [2.45, 2.75) is 25.3 Å². The fourth-order valence-electron chi connectivity index (χ4n) is 1.70. The molecule has 76 valence electrons. The quantitative estimate of drug-likeness (QED) is 0.729. The fourth-order valence-corrected chi connectivity index (χ4v) is 2.78. The van der Waals surface area contributed by atoms with E-state index >= 15 is 0 Å². The van der Waals surface area contributed by atoms with Crippen LogP contribution in [-0.4, -0.2) is 40.7 Å². The molecule has 1 heterocycles. The molecular formula is C9H16BrNOS. The maximum atomic E-state index is 11.7. The standard InChI is InChI=1S/C9H16BrNOS/c1-13-7-9(12)11-5-3-2-4-8(11)6-10/h8H,2-7H2,1H3. The van der Waals surface area contributed by atoms with Crippen molar-refractivity contribution in [1.29, 1.82) is 0 Å². The van der Waals surface area contributed by atoms with Crippen LogP contribution in [0, 0.1) is 0 Å². The van der Waals surface area contributed by atoms with Crippen LogP contribution >= 0.6 is 27.7 Å². The molecule has 0 spiro atoms. The predicted octanol–water partition coefficient (Wildman–Crippen LogP) is 2.13. The smallest absolute Gasteiger partial charge is 0.232 e. The molecule has 1 unspecified atom stereocenters. The molecule has 1 atom stereocenters. The van der Waals surface area contributed by atoms with Crippen LogP contribution in [0.5, 0.6) is 0 Å². The van der Waals surface area contributed by atoms with Gasteiger partial charge in [0.15, 0.2) is 0 Å². The second-order valence-electron chi connectivity index (χ2n) is 3.32. The van der Waals surface area contributed by atoms with Crippen molar-refractivity contribution in [3.8, 4) is 0 Å². The summed E-state index contributed by atoms with van der Waals surface area (Å²) in [5.74, 6) is 0.931. The number of likely N-dealkylation sites (tertiary alicyclic amines) is 1. The Hall–Kier alpha value is 0.300. The number of piperidine rings is 1. The van der Waals surface area contributed by atoms with Gasteiger partial charge in [-0.25, -0.2) is 0 Å². The summed E-state index contributed by atoms with van der Waals surface area (Å²) in [6, 6.07) is 0.438. The Balaban J connectivity index is 2.48. The van der Waals surface area contributed by atoms with E-state index < -0.39 is 0 Å². The summed E-state index contributed by atoms with van der Waals surface area (Å²) in [7, 11) is 0. The van der Waals surface area contributed by atoms with Gasteiger partial charge in [-0.2, -0.15) is 11.8 Å². The molecular weight excluding hydrogens is 250 g/mol. The number of amides is 1. The zero-order valence-electron chi connectivity index (χ0n) is 7.96. The molecule has 1 aliphatic rings. The first-order valence-corrected chi connectivity index (χ1v) is 7.15. The molecule has 0 N–H and O–H groups in total. The van der Waals surface area contributed by atoms with Crippen LogP contribution < -0.4 is 0 Å². The van der Waals surface area contributed by atoms with E-state index in [1.807, 2.05) is 11.2 Å². The first kappa shape index (κ1) is 11.4. The van der Waals surface area contributed by atoms with E-state index in [1.165, 1.54) is 12.8 Å². The Labute approximate surface area is 92.6 Å². The van der Waals surface area contributed by atoms with Crippen LogP contribution in [0.4, 0.5) is 0 Å². The number of nitrogens with zero attached hydrogens (tertiary/aromatic N) is 1. The minimum Gasteiger partial charge on any atom is -0.338 e. The van der Waals surface area contributed by atoms with Crippen molar-refractivity contribution in [2.24, 2.45) is 0 Å². The van der Waals surface area contributed by atoms with Crippen molar-refractivity contribution < 1.29 is 4.79 Å². The highest BCUT2D eigenvalue weighted by molar-refractivity contribution is 9.09. The number of thioether (sulfide) groups is 1. The summed E-state index contributed by atoms with van der Waals surface area (Å²) in [5.41, 5.74) is 0. The van der Waals surface area contributed by atoms with Gasteiger partial charge in [0.2, 0.25) is 5.91 Å². The lowest BCUT2D eigenvalue weighted by Crippen LogP contribution is -2.45. The van der Waals surface area contributed by atoms with Gasteiger partial charge >= 0.3 is 0 Å². The number of hydrogen-bond donors (Lipinski definition) is 0. The number of carbonyl (C=O) groups is 1. The second-order valence-corrected chi connectivity index (χ2v) is 4.84. The summed E-state index contributed by atoms with van der Waals surface area (Å²) >= 11 is 5.08. The van der Waals surface area contributed by atoms with Crippen molar-refractivity contribution in [1.82, 2.24) is 4.90 Å². The van der Waals surface area contributed by atoms with Gasteiger partial charge in [0, 0.05) is 17.9 Å². The molecule has 0 bridgehead atoms. The first-order chi connectivity index (χ1) is 6.29. The average Bonchev–Trinajstić information content (AvgIpc) is 2.18. The lowest BCUT2D eigenvalue weighted by atomic mass is 10.0. The number of halogens is 1. The molecule has 1 aliphatic heterocycles. The number of rotatable bonds is 3. The number of carbonyl (C=O) groups excluding carboxylic acids is 1. The molecule has 0 aromatic heterocycles. The third kappa shape index (κ3) is 3.17. The minimum absolute atomic E-state index is 0.302. The zero-order chi connectivity index (χ0) is 9.68. The van der Waals surface area contributed by atoms with E-state index in [2.05, 4.69) is 15.9 Å². The highest BCUT2D eigenvalue weighted by Gasteiger charge is 2.24. The van der Waals surface area contributed by atoms with Gasteiger partial charge < -0.3 is 4.90 Å². The Morgan fingerprint density at radius 1 is 1.62 bits per heavy atom. The number of hydrogen-bond acceptors (Lipinski definition) is 2. The van der Waals surface area contributed by atoms with Gasteiger partial charge in [0.25, 0.3) is 0 Å². The van der Waals surface area contributed by atoms with E-state index in [0.29, 0.717) is 17.7 Å². The predicted molar refractivity (Wildman–Crippen MR) is 61.5 cm³/mol. The van der Waals surface area contributed by atoms with E-state index in [9.17, 15) is 4.79 Å². The lowest BCUT2D eigenvalue weighted by Gasteiger charge is -2.34. The second kappa shape index (κ2) is 5.91. The van der Waals surface area contributed by atoms with Crippen molar-refractivity contribution in [2.75, 3.05) is 23.9 Å². The molecule has 1 rings (SSSR count). The SMILES string of the molecule is CSCC(=O)N1CCCCC1CBr. The molecule has 4 heteroatoms. The third-order valence-corrected chi connectivity index (χ3v) is 3.68. The maximum Gasteiger partial charge on any atom is 0.232 e. The minimum atomic E-state index is 0.302. The Kier molecular flexibility index (Phi) is 5.17. The molecule has 0 aromatic carbocycles. The van der Waals surface area contributed by atoms with Crippen LogP contribution in [-0.2, 0) is 4.79 Å². The Bertz CT molecular complexity index is 177. The van der Waals surface area contributed by atoms with E-state index in [4.69, 9.17) is 0 Å². The number of alkyl halides is 1. The zero-order valence-corrected chi connectivity index (χ0v) is 10.4. The van der Waals surface area contributed by atoms with Gasteiger partial charge in [-0.05, 0) is 25.5 Å². The molecule has 13 heavy (non-hydrogen) atoms. The van der Waals surface area contributed by atoms with Crippen molar-refractivity contribution in [3.63, 3.8) is 0 Å². The monoisotopic (exact) mass is 265 g/mol. The van der Waals surface area contributed by atoms with Crippen molar-refractivity contribution in [3.05, 3.63) is 0 Å². The van der Waals surface area contributed by atoms with Gasteiger partial charge in [-0.3, -0.25) is 4.79 Å². The van der Waals surface area contributed by atoms with Gasteiger partial charge in [0.1, 0.15) is 0 Å². The maximum absolute atomic E-state index is 11.7. The van der Waals surface area contributed by atoms with Crippen LogP contribution in [0.15, 0.2) is 0 Å². The normalized spacial score (nSPS) is 23.2. The summed E-state index contributed by atoms with van der Waals surface area (Å²) in [5, 5.41) is 0.924. The summed E-state index contributed by atoms with van der Waals surface area (Å²) in [6.07, 6.45) is 5.57. The molecule has 1 fully saturated rings. The first-order valence-electron chi connectivity index (χ1n) is 4.64. The van der Waals surface area contributed by atoms with Crippen molar-refractivity contribution >= 4 is 33.6 Å². The molecule has 1 saturated heterocycles. The summed E-state index contributed by atoms with van der Waals surface area (Å²) < 4.78 is 0. The fraction of sp³-hybridized carbons (Fsp3) is 0.889. The molecule has 0 saturated carbocycles. The Morgan fingerprint density at radius 3 is 3.00 bits per heavy atom. The molecule has 0 aromatic rings. The summed E-state index contributed by atoms with van der Waals surface area (Å²) in [4.78, 5) is 13.7. The largest absolute Gasteiger partial charge is 0.338 e. The molecule has 1 amide bonds. The highest BCUT2D eigenvalue weighted by Crippen LogP contribution is 2.19. The van der Waals surface area contributed by atoms with Gasteiger partial charge in [-0.1, -0.05) is 15.9 Å².